The largest absolute Gasteiger partial charge is 0.479 e. The molecule has 0 aromatic rings. The molecule has 0 aliphatic carbocycles. The van der Waals surface area contributed by atoms with E-state index < -0.39 is 12.1 Å². The van der Waals surface area contributed by atoms with E-state index in [1.54, 1.807) is 4.90 Å². The molecule has 17 heavy (non-hydrogen) atoms. The van der Waals surface area contributed by atoms with Crippen molar-refractivity contribution in [2.45, 2.75) is 25.9 Å². The number of likely N-dealkylation sites (tertiary alicyclic amines) is 1. The quantitative estimate of drug-likeness (QED) is 0.756. The molecule has 0 bridgehead atoms. The number of ether oxygens (including phenoxy) is 1. The molecular weight excluding hydrogens is 224 g/mol. The second kappa shape index (κ2) is 6.44. The SMILES string of the molecule is COC(CNC(=O)N1CCC(C)CC1)C(=O)O. The fourth-order valence-corrected chi connectivity index (χ4v) is 1.77. The van der Waals surface area contributed by atoms with Crippen LogP contribution in [0.1, 0.15) is 19.8 Å². The third-order valence-electron chi connectivity index (χ3n) is 3.07. The van der Waals surface area contributed by atoms with Gasteiger partial charge in [0.25, 0.3) is 0 Å². The number of nitrogens with zero attached hydrogens (tertiary/aromatic N) is 1. The molecule has 2 amide bonds. The Kier molecular flexibility index (Phi) is 5.21. The molecule has 1 unspecified atom stereocenters. The van der Waals surface area contributed by atoms with Crippen molar-refractivity contribution in [1.29, 1.82) is 0 Å². The van der Waals surface area contributed by atoms with Gasteiger partial charge in [-0.3, -0.25) is 0 Å². The molecule has 1 heterocycles. The zero-order valence-corrected chi connectivity index (χ0v) is 10.3. The lowest BCUT2D eigenvalue weighted by molar-refractivity contribution is -0.148. The maximum absolute atomic E-state index is 11.7. The maximum Gasteiger partial charge on any atom is 0.334 e. The molecule has 6 nitrogen and oxygen atoms in total. The van der Waals surface area contributed by atoms with Gasteiger partial charge >= 0.3 is 12.0 Å². The van der Waals surface area contributed by atoms with Crippen LogP contribution in [0.2, 0.25) is 0 Å². The topological polar surface area (TPSA) is 78.9 Å². The Bertz CT molecular complexity index is 275. The van der Waals surface area contributed by atoms with E-state index in [4.69, 9.17) is 9.84 Å². The number of piperidine rings is 1. The van der Waals surface area contributed by atoms with Gasteiger partial charge in [0.1, 0.15) is 0 Å². The Morgan fingerprint density at radius 2 is 2.06 bits per heavy atom. The van der Waals surface area contributed by atoms with Crippen LogP contribution in [0.4, 0.5) is 4.79 Å². The van der Waals surface area contributed by atoms with Crippen molar-refractivity contribution in [2.24, 2.45) is 5.92 Å². The van der Waals surface area contributed by atoms with Crippen molar-refractivity contribution < 1.29 is 19.4 Å². The Hall–Kier alpha value is -1.30. The monoisotopic (exact) mass is 244 g/mol. The summed E-state index contributed by atoms with van der Waals surface area (Å²) in [5.74, 6) is -0.412. The molecule has 1 rings (SSSR count). The molecule has 0 aromatic carbocycles. The minimum atomic E-state index is -1.07. The summed E-state index contributed by atoms with van der Waals surface area (Å²) in [6.45, 7) is 3.63. The van der Waals surface area contributed by atoms with Gasteiger partial charge in [-0.15, -0.1) is 0 Å². The van der Waals surface area contributed by atoms with Crippen molar-refractivity contribution in [3.8, 4) is 0 Å². The number of nitrogens with one attached hydrogen (secondary N) is 1. The maximum atomic E-state index is 11.7. The van der Waals surface area contributed by atoms with E-state index in [0.29, 0.717) is 5.92 Å². The van der Waals surface area contributed by atoms with Gasteiger partial charge in [-0.05, 0) is 18.8 Å². The number of urea groups is 1. The normalized spacial score (nSPS) is 18.8. The number of rotatable bonds is 4. The number of hydrogen-bond donors (Lipinski definition) is 2. The standard InChI is InChI=1S/C11H20N2O4/c1-8-3-5-13(6-4-8)11(16)12-7-9(17-2)10(14)15/h8-9H,3-7H2,1-2H3,(H,12,16)(H,14,15). The average molecular weight is 244 g/mol. The highest BCUT2D eigenvalue weighted by molar-refractivity contribution is 5.77. The summed E-state index contributed by atoms with van der Waals surface area (Å²) in [5.41, 5.74) is 0. The van der Waals surface area contributed by atoms with Crippen molar-refractivity contribution in [2.75, 3.05) is 26.7 Å². The minimum Gasteiger partial charge on any atom is -0.479 e. The number of hydrogen-bond acceptors (Lipinski definition) is 3. The molecule has 98 valence electrons. The van der Waals surface area contributed by atoms with Crippen LogP contribution >= 0.6 is 0 Å². The Morgan fingerprint density at radius 3 is 2.53 bits per heavy atom. The summed E-state index contributed by atoms with van der Waals surface area (Å²) in [5, 5.41) is 11.3. The Balaban J connectivity index is 2.31. The van der Waals surface area contributed by atoms with Crippen LogP contribution in [0.5, 0.6) is 0 Å². The number of carbonyl (C=O) groups excluding carboxylic acids is 1. The zero-order chi connectivity index (χ0) is 12.8. The average Bonchev–Trinajstić information content (AvgIpc) is 2.30. The van der Waals surface area contributed by atoms with Crippen LogP contribution in [0.3, 0.4) is 0 Å². The Labute approximate surface area is 101 Å². The first-order chi connectivity index (χ1) is 8.04. The number of aliphatic carboxylic acids is 1. The van der Waals surface area contributed by atoms with Crippen LogP contribution in [0.15, 0.2) is 0 Å². The highest BCUT2D eigenvalue weighted by atomic mass is 16.5. The molecule has 1 saturated heterocycles. The lowest BCUT2D eigenvalue weighted by Gasteiger charge is -2.30. The predicted molar refractivity (Wildman–Crippen MR) is 61.8 cm³/mol. The summed E-state index contributed by atoms with van der Waals surface area (Å²) < 4.78 is 4.73. The van der Waals surface area contributed by atoms with Crippen LogP contribution < -0.4 is 5.32 Å². The van der Waals surface area contributed by atoms with Crippen molar-refractivity contribution in [3.05, 3.63) is 0 Å². The number of methoxy groups -OCH3 is 1. The summed E-state index contributed by atoms with van der Waals surface area (Å²) >= 11 is 0. The van der Waals surface area contributed by atoms with E-state index in [1.165, 1.54) is 7.11 Å². The third-order valence-corrected chi connectivity index (χ3v) is 3.07. The van der Waals surface area contributed by atoms with Gasteiger partial charge in [-0.2, -0.15) is 0 Å². The smallest absolute Gasteiger partial charge is 0.334 e. The third kappa shape index (κ3) is 4.22. The van der Waals surface area contributed by atoms with Crippen molar-refractivity contribution >= 4 is 12.0 Å². The first kappa shape index (κ1) is 13.8. The number of amides is 2. The van der Waals surface area contributed by atoms with Crippen LogP contribution in [0.25, 0.3) is 0 Å². The fourth-order valence-electron chi connectivity index (χ4n) is 1.77. The lowest BCUT2D eigenvalue weighted by atomic mass is 10.00. The lowest BCUT2D eigenvalue weighted by Crippen LogP contribution is -2.47. The summed E-state index contributed by atoms with van der Waals surface area (Å²) in [4.78, 5) is 24.1. The van der Waals surface area contributed by atoms with Gasteiger partial charge < -0.3 is 20.1 Å². The molecule has 0 radical (unpaired) electrons. The second-order valence-electron chi connectivity index (χ2n) is 4.42. The summed E-state index contributed by atoms with van der Waals surface area (Å²) in [7, 11) is 1.31. The molecule has 6 heteroatoms. The summed E-state index contributed by atoms with van der Waals surface area (Å²) in [6, 6.07) is -0.208. The van der Waals surface area contributed by atoms with Gasteiger partial charge in [-0.25, -0.2) is 9.59 Å². The first-order valence-electron chi connectivity index (χ1n) is 5.83. The van der Waals surface area contributed by atoms with E-state index >= 15 is 0 Å². The Morgan fingerprint density at radius 1 is 1.47 bits per heavy atom. The highest BCUT2D eigenvalue weighted by Gasteiger charge is 2.22. The molecule has 1 fully saturated rings. The van der Waals surface area contributed by atoms with E-state index in [0.717, 1.165) is 25.9 Å². The van der Waals surface area contributed by atoms with Crippen molar-refractivity contribution in [1.82, 2.24) is 10.2 Å². The van der Waals surface area contributed by atoms with Gasteiger partial charge in [0.15, 0.2) is 6.10 Å². The molecule has 1 atom stereocenters. The van der Waals surface area contributed by atoms with E-state index in [-0.39, 0.29) is 12.6 Å². The molecule has 0 saturated carbocycles. The number of carboxylic acids is 1. The van der Waals surface area contributed by atoms with E-state index in [9.17, 15) is 9.59 Å². The van der Waals surface area contributed by atoms with E-state index in [1.807, 2.05) is 0 Å². The first-order valence-corrected chi connectivity index (χ1v) is 5.83. The predicted octanol–water partition coefficient (Wildman–Crippen LogP) is 0.527. The number of carboxylic acid groups (broad SMARTS) is 1. The molecule has 2 N–H and O–H groups in total. The molecule has 0 spiro atoms. The molecular formula is C11H20N2O4. The second-order valence-corrected chi connectivity index (χ2v) is 4.42. The van der Waals surface area contributed by atoms with Crippen LogP contribution in [-0.4, -0.2) is 54.9 Å². The fraction of sp³-hybridized carbons (Fsp3) is 0.818. The van der Waals surface area contributed by atoms with Gasteiger partial charge in [0.2, 0.25) is 0 Å². The molecule has 1 aliphatic rings. The van der Waals surface area contributed by atoms with Gasteiger partial charge in [0, 0.05) is 20.2 Å². The van der Waals surface area contributed by atoms with E-state index in [2.05, 4.69) is 12.2 Å². The van der Waals surface area contributed by atoms with Crippen molar-refractivity contribution in [3.63, 3.8) is 0 Å². The zero-order valence-electron chi connectivity index (χ0n) is 10.3. The molecule has 0 aromatic heterocycles. The highest BCUT2D eigenvalue weighted by Crippen LogP contribution is 2.15. The van der Waals surface area contributed by atoms with Gasteiger partial charge in [-0.1, -0.05) is 6.92 Å². The number of carbonyl (C=O) groups is 2. The van der Waals surface area contributed by atoms with Gasteiger partial charge in [0.05, 0.1) is 6.54 Å². The summed E-state index contributed by atoms with van der Waals surface area (Å²) in [6.07, 6.45) is 1.02. The van der Waals surface area contributed by atoms with Crippen LogP contribution in [0, 0.1) is 5.92 Å². The minimum absolute atomic E-state index is 0.00325. The molecule has 1 aliphatic heterocycles. The van der Waals surface area contributed by atoms with Crippen LogP contribution in [-0.2, 0) is 9.53 Å².